The highest BCUT2D eigenvalue weighted by atomic mass is 32.2. The van der Waals surface area contributed by atoms with Crippen molar-refractivity contribution in [1.29, 1.82) is 0 Å². The van der Waals surface area contributed by atoms with Crippen molar-refractivity contribution >= 4 is 34.3 Å². The van der Waals surface area contributed by atoms with E-state index in [2.05, 4.69) is 5.32 Å². The van der Waals surface area contributed by atoms with Crippen molar-refractivity contribution in [1.82, 2.24) is 4.57 Å². The highest BCUT2D eigenvalue weighted by molar-refractivity contribution is 8.01. The summed E-state index contributed by atoms with van der Waals surface area (Å²) in [4.78, 5) is 24.9. The lowest BCUT2D eigenvalue weighted by molar-refractivity contribution is -0.483. The molecule has 0 bridgehead atoms. The van der Waals surface area contributed by atoms with Crippen LogP contribution in [0.3, 0.4) is 0 Å². The van der Waals surface area contributed by atoms with Crippen LogP contribution in [-0.2, 0) is 16.6 Å². The van der Waals surface area contributed by atoms with Crippen LogP contribution < -0.4 is 5.32 Å². The minimum absolute atomic E-state index is 0.357. The average molecular weight is 353 g/mol. The van der Waals surface area contributed by atoms with Gasteiger partial charge >= 0.3 is 0 Å². The number of anilines is 1. The van der Waals surface area contributed by atoms with Gasteiger partial charge in [-0.1, -0.05) is 42.1 Å². The fourth-order valence-electron chi connectivity index (χ4n) is 3.33. The van der Waals surface area contributed by atoms with Crippen LogP contribution in [0.25, 0.3) is 10.9 Å². The van der Waals surface area contributed by atoms with Crippen LogP contribution >= 0.6 is 11.8 Å². The van der Waals surface area contributed by atoms with Crippen LogP contribution in [-0.4, -0.2) is 21.9 Å². The average Bonchev–Trinajstić information content (AvgIpc) is 2.93. The Balaban J connectivity index is 1.97. The Morgan fingerprint density at radius 2 is 1.92 bits per heavy atom. The number of amides is 1. The van der Waals surface area contributed by atoms with Crippen LogP contribution in [0.4, 0.5) is 5.69 Å². The molecule has 2 aromatic carbocycles. The molecule has 0 spiro atoms. The fraction of sp³-hybridized carbons (Fsp3) is 0.167. The molecule has 1 aliphatic heterocycles. The van der Waals surface area contributed by atoms with Crippen molar-refractivity contribution in [3.05, 3.63) is 70.4 Å². The first-order valence-electron chi connectivity index (χ1n) is 7.77. The van der Waals surface area contributed by atoms with E-state index in [1.54, 1.807) is 6.07 Å². The highest BCUT2D eigenvalue weighted by Crippen LogP contribution is 2.50. The Morgan fingerprint density at radius 3 is 2.72 bits per heavy atom. The molecule has 126 valence electrons. The first-order chi connectivity index (χ1) is 12.0. The summed E-state index contributed by atoms with van der Waals surface area (Å²) in [6, 6.07) is 15.0. The molecular weight excluding hydrogens is 338 g/mol. The van der Waals surface area contributed by atoms with E-state index in [0.29, 0.717) is 11.3 Å². The lowest BCUT2D eigenvalue weighted by atomic mass is 9.96. The van der Waals surface area contributed by atoms with E-state index < -0.39 is 16.2 Å². The minimum atomic E-state index is -1.31. The smallest absolute Gasteiger partial charge is 0.252 e. The summed E-state index contributed by atoms with van der Waals surface area (Å²) in [5.74, 6) is -0.357. The summed E-state index contributed by atoms with van der Waals surface area (Å²) >= 11 is 1.26. The molecule has 1 aliphatic rings. The molecule has 2 heterocycles. The zero-order valence-electron chi connectivity index (χ0n) is 13.4. The Labute approximate surface area is 148 Å². The van der Waals surface area contributed by atoms with Crippen LogP contribution in [0.5, 0.6) is 0 Å². The lowest BCUT2D eigenvalue weighted by Gasteiger charge is -2.33. The SMILES string of the molecule is Cn1cc(C2(C[N+](=O)[O-])Sc3ccccc3NC2=O)c2ccccc21. The summed E-state index contributed by atoms with van der Waals surface area (Å²) in [7, 11) is 1.88. The van der Waals surface area contributed by atoms with Gasteiger partial charge in [-0.3, -0.25) is 14.9 Å². The van der Waals surface area contributed by atoms with E-state index in [1.807, 2.05) is 60.3 Å². The van der Waals surface area contributed by atoms with E-state index in [9.17, 15) is 14.9 Å². The van der Waals surface area contributed by atoms with Gasteiger partial charge in [-0.25, -0.2) is 0 Å². The molecule has 1 aromatic heterocycles. The van der Waals surface area contributed by atoms with Gasteiger partial charge in [0.25, 0.3) is 5.91 Å². The summed E-state index contributed by atoms with van der Waals surface area (Å²) < 4.78 is 0.597. The molecule has 6 nitrogen and oxygen atoms in total. The Morgan fingerprint density at radius 1 is 1.20 bits per heavy atom. The first kappa shape index (κ1) is 15.7. The highest BCUT2D eigenvalue weighted by Gasteiger charge is 2.51. The number of fused-ring (bicyclic) bond motifs is 2. The number of para-hydroxylation sites is 2. The lowest BCUT2D eigenvalue weighted by Crippen LogP contribution is -2.45. The predicted molar refractivity (Wildman–Crippen MR) is 97.4 cm³/mol. The second-order valence-electron chi connectivity index (χ2n) is 6.04. The van der Waals surface area contributed by atoms with Crippen molar-refractivity contribution in [3.63, 3.8) is 0 Å². The second kappa shape index (κ2) is 5.63. The van der Waals surface area contributed by atoms with E-state index in [1.165, 1.54) is 11.8 Å². The van der Waals surface area contributed by atoms with Crippen molar-refractivity contribution in [2.24, 2.45) is 7.05 Å². The zero-order valence-corrected chi connectivity index (χ0v) is 14.2. The monoisotopic (exact) mass is 353 g/mol. The van der Waals surface area contributed by atoms with Crippen LogP contribution in [0.1, 0.15) is 5.56 Å². The molecule has 4 rings (SSSR count). The molecule has 7 heteroatoms. The van der Waals surface area contributed by atoms with E-state index >= 15 is 0 Å². The van der Waals surface area contributed by atoms with Crippen LogP contribution in [0.2, 0.25) is 0 Å². The number of benzene rings is 2. The van der Waals surface area contributed by atoms with Gasteiger partial charge in [-0.05, 0) is 18.2 Å². The van der Waals surface area contributed by atoms with Crippen molar-refractivity contribution in [2.45, 2.75) is 9.64 Å². The molecule has 0 aliphatic carbocycles. The number of nitrogens with one attached hydrogen (secondary N) is 1. The third kappa shape index (κ3) is 2.39. The topological polar surface area (TPSA) is 77.2 Å². The molecular formula is C18H15N3O3S. The van der Waals surface area contributed by atoms with Gasteiger partial charge < -0.3 is 9.88 Å². The van der Waals surface area contributed by atoms with E-state index in [0.717, 1.165) is 15.8 Å². The number of carbonyl (C=O) groups excluding carboxylic acids is 1. The maximum atomic E-state index is 13.0. The number of carbonyl (C=O) groups is 1. The molecule has 1 unspecified atom stereocenters. The van der Waals surface area contributed by atoms with Crippen LogP contribution in [0.15, 0.2) is 59.6 Å². The van der Waals surface area contributed by atoms with Gasteiger partial charge in [0.2, 0.25) is 6.54 Å². The molecule has 0 radical (unpaired) electrons. The van der Waals surface area contributed by atoms with Gasteiger partial charge in [0.15, 0.2) is 4.75 Å². The maximum Gasteiger partial charge on any atom is 0.252 e. The number of nitrogens with zero attached hydrogens (tertiary/aromatic N) is 2. The predicted octanol–water partition coefficient (Wildman–Crippen LogP) is 3.39. The van der Waals surface area contributed by atoms with Crippen molar-refractivity contribution in [2.75, 3.05) is 11.9 Å². The van der Waals surface area contributed by atoms with Crippen molar-refractivity contribution in [3.8, 4) is 0 Å². The normalized spacial score (nSPS) is 19.5. The standard InChI is InChI=1S/C18H15N3O3S/c1-20-10-13(12-6-2-4-8-15(12)20)18(11-21(23)24)17(22)19-14-7-3-5-9-16(14)25-18/h2-10H,11H2,1H3,(H,19,22). The second-order valence-corrected chi connectivity index (χ2v) is 7.38. The maximum absolute atomic E-state index is 13.0. The summed E-state index contributed by atoms with van der Waals surface area (Å²) in [6.45, 7) is -0.480. The van der Waals surface area contributed by atoms with Gasteiger partial charge in [0.05, 0.1) is 5.69 Å². The molecule has 0 saturated carbocycles. The Bertz CT molecular complexity index is 1010. The molecule has 0 saturated heterocycles. The number of aryl methyl sites for hydroxylation is 1. The van der Waals surface area contributed by atoms with E-state index in [4.69, 9.17) is 0 Å². The van der Waals surface area contributed by atoms with Gasteiger partial charge in [0.1, 0.15) is 0 Å². The Kier molecular flexibility index (Phi) is 3.54. The first-order valence-corrected chi connectivity index (χ1v) is 8.59. The molecule has 1 amide bonds. The third-order valence-corrected chi connectivity index (χ3v) is 5.93. The summed E-state index contributed by atoms with van der Waals surface area (Å²) in [5, 5.41) is 15.2. The number of nitro groups is 1. The summed E-state index contributed by atoms with van der Waals surface area (Å²) in [6.07, 6.45) is 1.83. The zero-order chi connectivity index (χ0) is 17.6. The number of aromatic nitrogens is 1. The minimum Gasteiger partial charge on any atom is -0.350 e. The fourth-order valence-corrected chi connectivity index (χ4v) is 4.67. The van der Waals surface area contributed by atoms with Crippen molar-refractivity contribution < 1.29 is 9.72 Å². The molecule has 25 heavy (non-hydrogen) atoms. The van der Waals surface area contributed by atoms with E-state index in [-0.39, 0.29) is 5.91 Å². The number of rotatable bonds is 3. The Hall–Kier alpha value is -2.80. The number of thioether (sulfide) groups is 1. The van der Waals surface area contributed by atoms with Gasteiger partial charge in [0, 0.05) is 39.5 Å². The quantitative estimate of drug-likeness (QED) is 0.578. The number of hydrogen-bond acceptors (Lipinski definition) is 4. The largest absolute Gasteiger partial charge is 0.350 e. The van der Waals surface area contributed by atoms with Gasteiger partial charge in [-0.2, -0.15) is 0 Å². The summed E-state index contributed by atoms with van der Waals surface area (Å²) in [5.41, 5.74) is 2.29. The number of hydrogen-bond donors (Lipinski definition) is 1. The molecule has 0 fully saturated rings. The third-order valence-electron chi connectivity index (χ3n) is 4.47. The molecule has 1 N–H and O–H groups in total. The molecule has 1 atom stereocenters. The van der Waals surface area contributed by atoms with Gasteiger partial charge in [-0.15, -0.1) is 0 Å². The van der Waals surface area contributed by atoms with Crippen LogP contribution in [0, 0.1) is 10.1 Å². The molecule has 3 aromatic rings.